The molecule has 1 heterocycles. The normalized spacial score (nSPS) is 10.1. The molecule has 0 unspecified atom stereocenters. The lowest BCUT2D eigenvalue weighted by molar-refractivity contribution is 0.253. The van der Waals surface area contributed by atoms with Crippen molar-refractivity contribution in [2.75, 3.05) is 7.11 Å². The fraction of sp³-hybridized carbons (Fsp3) is 0.556. The van der Waals surface area contributed by atoms with Crippen molar-refractivity contribution in [3.05, 3.63) is 16.0 Å². The second kappa shape index (κ2) is 4.64. The molecule has 0 aromatic carbocycles. The van der Waals surface area contributed by atoms with Crippen LogP contribution in [0.4, 0.5) is 0 Å². The minimum absolute atomic E-state index is 0.215. The van der Waals surface area contributed by atoms with Gasteiger partial charge in [-0.25, -0.2) is 4.79 Å². The van der Waals surface area contributed by atoms with E-state index >= 15 is 0 Å². The van der Waals surface area contributed by atoms with Crippen LogP contribution in [0.1, 0.15) is 25.3 Å². The molecule has 0 spiro atoms. The Bertz CT molecular complexity index is 358. The fourth-order valence-electron chi connectivity index (χ4n) is 1.06. The predicted molar refractivity (Wildman–Crippen MR) is 49.6 cm³/mol. The summed E-state index contributed by atoms with van der Waals surface area (Å²) in [5, 5.41) is 9.38. The number of nitrogens with zero attached hydrogens (tertiary/aromatic N) is 1. The van der Waals surface area contributed by atoms with Crippen molar-refractivity contribution in [1.82, 2.24) is 4.98 Å². The van der Waals surface area contributed by atoms with Crippen LogP contribution in [-0.2, 0) is 6.42 Å². The third-order valence-electron chi connectivity index (χ3n) is 1.85. The van der Waals surface area contributed by atoms with Crippen molar-refractivity contribution in [3.63, 3.8) is 0 Å². The second-order valence-electron chi connectivity index (χ2n) is 2.88. The van der Waals surface area contributed by atoms with E-state index in [1.807, 2.05) is 6.92 Å². The molecule has 0 saturated heterocycles. The number of unbranched alkanes of at least 4 members (excludes halogenated alkanes) is 1. The lowest BCUT2D eigenvalue weighted by atomic mass is 10.1. The van der Waals surface area contributed by atoms with Crippen LogP contribution in [0.15, 0.2) is 9.21 Å². The molecule has 0 aliphatic heterocycles. The quantitative estimate of drug-likeness (QED) is 0.785. The van der Waals surface area contributed by atoms with Crippen LogP contribution < -0.4 is 10.4 Å². The molecule has 78 valence electrons. The number of ether oxygens (including phenoxy) is 1. The van der Waals surface area contributed by atoms with Crippen LogP contribution in [0, 0.1) is 0 Å². The Morgan fingerprint density at radius 3 is 2.79 bits per heavy atom. The summed E-state index contributed by atoms with van der Waals surface area (Å²) in [6.45, 7) is 2.00. The van der Waals surface area contributed by atoms with Crippen molar-refractivity contribution in [1.29, 1.82) is 0 Å². The molecule has 1 rings (SSSR count). The third-order valence-corrected chi connectivity index (χ3v) is 1.85. The van der Waals surface area contributed by atoms with Crippen LogP contribution in [0.2, 0.25) is 0 Å². The Labute approximate surface area is 81.3 Å². The molecule has 1 aromatic rings. The summed E-state index contributed by atoms with van der Waals surface area (Å²) in [7, 11) is 1.32. The molecule has 0 bridgehead atoms. The van der Waals surface area contributed by atoms with Gasteiger partial charge in [-0.1, -0.05) is 13.3 Å². The zero-order valence-electron chi connectivity index (χ0n) is 8.24. The average molecular weight is 199 g/mol. The monoisotopic (exact) mass is 199 g/mol. The van der Waals surface area contributed by atoms with Gasteiger partial charge in [-0.3, -0.25) is 0 Å². The maximum atomic E-state index is 11.3. The van der Waals surface area contributed by atoms with Crippen LogP contribution >= 0.6 is 0 Å². The molecule has 0 radical (unpaired) electrons. The van der Waals surface area contributed by atoms with Crippen molar-refractivity contribution >= 4 is 0 Å². The first kappa shape index (κ1) is 10.6. The van der Waals surface area contributed by atoms with Gasteiger partial charge in [-0.2, -0.15) is 0 Å². The van der Waals surface area contributed by atoms with E-state index in [0.717, 1.165) is 12.8 Å². The highest BCUT2D eigenvalue weighted by atomic mass is 16.6. The number of methoxy groups -OCH3 is 1. The Kier molecular flexibility index (Phi) is 3.50. The van der Waals surface area contributed by atoms with Gasteiger partial charge in [0.1, 0.15) is 0 Å². The van der Waals surface area contributed by atoms with Crippen molar-refractivity contribution in [2.45, 2.75) is 26.2 Å². The third kappa shape index (κ3) is 2.25. The second-order valence-corrected chi connectivity index (χ2v) is 2.88. The first-order valence-corrected chi connectivity index (χ1v) is 4.46. The van der Waals surface area contributed by atoms with Crippen molar-refractivity contribution in [2.24, 2.45) is 0 Å². The molecule has 0 fully saturated rings. The topological polar surface area (TPSA) is 72.6 Å². The summed E-state index contributed by atoms with van der Waals surface area (Å²) in [4.78, 5) is 14.9. The Balaban J connectivity index is 3.00. The summed E-state index contributed by atoms with van der Waals surface area (Å²) in [5.41, 5.74) is -0.365. The summed E-state index contributed by atoms with van der Waals surface area (Å²) < 4.78 is 9.28. The van der Waals surface area contributed by atoms with E-state index in [4.69, 9.17) is 0 Å². The zero-order chi connectivity index (χ0) is 10.6. The largest absolute Gasteiger partial charge is 0.493 e. The molecule has 5 heteroatoms. The van der Waals surface area contributed by atoms with Gasteiger partial charge < -0.3 is 14.3 Å². The van der Waals surface area contributed by atoms with Gasteiger partial charge in [0, 0.05) is 0 Å². The first-order valence-electron chi connectivity index (χ1n) is 4.46. The first-order chi connectivity index (χ1) is 6.69. The molecule has 0 atom stereocenters. The number of aromatic nitrogens is 1. The van der Waals surface area contributed by atoms with Crippen LogP contribution in [0.25, 0.3) is 0 Å². The summed E-state index contributed by atoms with van der Waals surface area (Å²) in [6, 6.07) is 0. The van der Waals surface area contributed by atoms with Gasteiger partial charge in [0.05, 0.1) is 12.7 Å². The van der Waals surface area contributed by atoms with Gasteiger partial charge in [-0.05, 0) is 12.8 Å². The smallest absolute Gasteiger partial charge is 0.399 e. The van der Waals surface area contributed by atoms with Crippen LogP contribution in [0.5, 0.6) is 12.0 Å². The van der Waals surface area contributed by atoms with Crippen LogP contribution in [-0.4, -0.2) is 17.2 Å². The van der Waals surface area contributed by atoms with E-state index in [0.29, 0.717) is 6.42 Å². The zero-order valence-corrected chi connectivity index (χ0v) is 8.24. The molecule has 1 aromatic heterocycles. The average Bonchev–Trinajstić information content (AvgIpc) is 2.16. The Morgan fingerprint density at radius 2 is 2.29 bits per heavy atom. The maximum Gasteiger partial charge on any atom is 0.399 e. The number of aromatic hydroxyl groups is 1. The SMILES string of the molecule is CCCCc1c(O)nc(OC)oc1=O. The summed E-state index contributed by atoms with van der Waals surface area (Å²) in [5.74, 6) is -0.299. The molecule has 1 N–H and O–H groups in total. The fourth-order valence-corrected chi connectivity index (χ4v) is 1.06. The number of rotatable bonds is 4. The molecule has 0 aliphatic carbocycles. The Hall–Kier alpha value is -1.52. The summed E-state index contributed by atoms with van der Waals surface area (Å²) in [6.07, 6.45) is 2.01. The van der Waals surface area contributed by atoms with Gasteiger partial charge in [0.15, 0.2) is 0 Å². The molecular weight excluding hydrogens is 186 g/mol. The molecular formula is C9H13NO4. The highest BCUT2D eigenvalue weighted by Gasteiger charge is 2.12. The van der Waals surface area contributed by atoms with Crippen molar-refractivity contribution < 1.29 is 14.3 Å². The Morgan fingerprint density at radius 1 is 1.57 bits per heavy atom. The molecule has 5 nitrogen and oxygen atoms in total. The maximum absolute atomic E-state index is 11.3. The summed E-state index contributed by atoms with van der Waals surface area (Å²) >= 11 is 0. The molecule has 0 aliphatic rings. The van der Waals surface area contributed by atoms with Gasteiger partial charge >= 0.3 is 11.7 Å². The molecule has 0 saturated carbocycles. The van der Waals surface area contributed by atoms with E-state index in [1.165, 1.54) is 7.11 Å². The van der Waals surface area contributed by atoms with Gasteiger partial charge in [-0.15, -0.1) is 4.98 Å². The van der Waals surface area contributed by atoms with Crippen molar-refractivity contribution in [3.8, 4) is 12.0 Å². The van der Waals surface area contributed by atoms with Gasteiger partial charge in [0.2, 0.25) is 5.88 Å². The number of hydrogen-bond donors (Lipinski definition) is 1. The minimum Gasteiger partial charge on any atom is -0.493 e. The van der Waals surface area contributed by atoms with E-state index in [1.54, 1.807) is 0 Å². The standard InChI is InChI=1S/C9H13NO4/c1-3-4-5-6-7(11)10-9(13-2)14-8(6)12/h11H,3-5H2,1-2H3. The lowest BCUT2D eigenvalue weighted by Gasteiger charge is -2.01. The molecule has 0 amide bonds. The van der Waals surface area contributed by atoms with Crippen LogP contribution in [0.3, 0.4) is 0 Å². The number of hydrogen-bond acceptors (Lipinski definition) is 5. The highest BCUT2D eigenvalue weighted by Crippen LogP contribution is 2.15. The van der Waals surface area contributed by atoms with Gasteiger partial charge in [0.25, 0.3) is 0 Å². The lowest BCUT2D eigenvalue weighted by Crippen LogP contribution is -2.09. The minimum atomic E-state index is -0.581. The molecule has 14 heavy (non-hydrogen) atoms. The van der Waals surface area contributed by atoms with E-state index < -0.39 is 5.63 Å². The highest BCUT2D eigenvalue weighted by molar-refractivity contribution is 5.21. The van der Waals surface area contributed by atoms with E-state index in [-0.39, 0.29) is 17.5 Å². The van der Waals surface area contributed by atoms with E-state index in [2.05, 4.69) is 14.1 Å². The van der Waals surface area contributed by atoms with E-state index in [9.17, 15) is 9.90 Å². The predicted octanol–water partition coefficient (Wildman–Crippen LogP) is 1.09.